The molecule has 0 atom stereocenters. The molecule has 1 aromatic carbocycles. The van der Waals surface area contributed by atoms with Crippen LogP contribution in [0, 0.1) is 11.3 Å². The van der Waals surface area contributed by atoms with E-state index < -0.39 is 5.91 Å². The summed E-state index contributed by atoms with van der Waals surface area (Å²) in [6.07, 6.45) is 2.28. The van der Waals surface area contributed by atoms with Gasteiger partial charge in [0.2, 0.25) is 0 Å². The minimum atomic E-state index is -0.524. The summed E-state index contributed by atoms with van der Waals surface area (Å²) in [4.78, 5) is 20.2. The van der Waals surface area contributed by atoms with Gasteiger partial charge in [-0.25, -0.2) is 4.98 Å². The molecule has 0 spiro atoms. The van der Waals surface area contributed by atoms with Crippen LogP contribution in [-0.2, 0) is 17.8 Å². The van der Waals surface area contributed by atoms with Gasteiger partial charge >= 0.3 is 0 Å². The van der Waals surface area contributed by atoms with Gasteiger partial charge in [-0.1, -0.05) is 23.7 Å². The molecule has 2 N–H and O–H groups in total. The van der Waals surface area contributed by atoms with Gasteiger partial charge < -0.3 is 15.5 Å². The second-order valence-corrected chi connectivity index (χ2v) is 7.12. The molecule has 0 saturated carbocycles. The number of nitrogens with zero attached hydrogens (tertiary/aromatic N) is 3. The topological polar surface area (TPSA) is 81.1 Å². The van der Waals surface area contributed by atoms with Gasteiger partial charge in [-0.3, -0.25) is 4.79 Å². The van der Waals surface area contributed by atoms with E-state index in [2.05, 4.69) is 27.6 Å². The van der Waals surface area contributed by atoms with Crippen molar-refractivity contribution in [2.24, 2.45) is 0 Å². The molecule has 0 bridgehead atoms. The van der Waals surface area contributed by atoms with Gasteiger partial charge in [-0.15, -0.1) is 11.3 Å². The van der Waals surface area contributed by atoms with Crippen LogP contribution < -0.4 is 10.6 Å². The van der Waals surface area contributed by atoms with Crippen molar-refractivity contribution in [1.29, 1.82) is 5.26 Å². The number of thiazole rings is 1. The number of hydrogen-bond acceptors (Lipinski definition) is 6. The number of carbonyl (C=O) groups excluding carboxylic acids is 1. The fourth-order valence-corrected chi connectivity index (χ4v) is 3.66. The van der Waals surface area contributed by atoms with Crippen LogP contribution in [0.15, 0.2) is 36.0 Å². The first-order valence-corrected chi connectivity index (χ1v) is 8.86. The van der Waals surface area contributed by atoms with Crippen LogP contribution in [-0.4, -0.2) is 29.4 Å². The van der Waals surface area contributed by atoms with Crippen LogP contribution in [0.4, 0.5) is 10.8 Å². The lowest BCUT2D eigenvalue weighted by Gasteiger charge is -2.20. The second-order valence-electron chi connectivity index (χ2n) is 5.62. The van der Waals surface area contributed by atoms with E-state index in [-0.39, 0.29) is 5.57 Å². The number of benzene rings is 1. The van der Waals surface area contributed by atoms with E-state index in [1.54, 1.807) is 24.3 Å². The fourth-order valence-electron chi connectivity index (χ4n) is 2.42. The average molecular weight is 374 g/mol. The average Bonchev–Trinajstić information content (AvgIpc) is 2.99. The van der Waals surface area contributed by atoms with Crippen molar-refractivity contribution in [3.8, 4) is 6.07 Å². The van der Waals surface area contributed by atoms with Gasteiger partial charge in [-0.05, 0) is 19.2 Å². The quantitative estimate of drug-likeness (QED) is 0.635. The van der Waals surface area contributed by atoms with Crippen LogP contribution in [0.1, 0.15) is 10.6 Å². The highest BCUT2D eigenvalue weighted by Crippen LogP contribution is 2.28. The molecule has 1 aliphatic rings. The zero-order valence-electron chi connectivity index (χ0n) is 13.5. The molecule has 0 saturated heterocycles. The van der Waals surface area contributed by atoms with E-state index in [1.165, 1.54) is 22.4 Å². The van der Waals surface area contributed by atoms with E-state index in [0.717, 1.165) is 25.2 Å². The lowest BCUT2D eigenvalue weighted by atomic mass is 10.2. The summed E-state index contributed by atoms with van der Waals surface area (Å²) in [7, 11) is 2.07. The Balaban J connectivity index is 1.70. The predicted octanol–water partition coefficient (Wildman–Crippen LogP) is 3.24. The Morgan fingerprint density at radius 1 is 1.48 bits per heavy atom. The number of hydrogen-bond donors (Lipinski definition) is 2. The molecule has 0 unspecified atom stereocenters. The van der Waals surface area contributed by atoms with Crippen LogP contribution in [0.25, 0.3) is 0 Å². The number of aromatic nitrogens is 1. The van der Waals surface area contributed by atoms with Crippen LogP contribution in [0.3, 0.4) is 0 Å². The number of anilines is 2. The van der Waals surface area contributed by atoms with E-state index in [4.69, 9.17) is 11.6 Å². The Labute approximate surface area is 154 Å². The number of amides is 1. The van der Waals surface area contributed by atoms with Gasteiger partial charge in [0, 0.05) is 30.6 Å². The fraction of sp³-hybridized carbons (Fsp3) is 0.235. The molecule has 0 fully saturated rings. The Morgan fingerprint density at radius 2 is 2.28 bits per heavy atom. The first kappa shape index (κ1) is 17.4. The molecule has 1 aromatic heterocycles. The molecule has 6 nitrogen and oxygen atoms in total. The minimum absolute atomic E-state index is 0.0507. The van der Waals surface area contributed by atoms with Crippen molar-refractivity contribution in [2.75, 3.05) is 24.2 Å². The number of rotatable bonds is 4. The first-order chi connectivity index (χ1) is 12.1. The molecular formula is C17H16ClN5OS. The highest BCUT2D eigenvalue weighted by atomic mass is 35.5. The van der Waals surface area contributed by atoms with Crippen LogP contribution in [0.2, 0.25) is 5.02 Å². The van der Waals surface area contributed by atoms with Crippen LogP contribution in [0.5, 0.6) is 0 Å². The van der Waals surface area contributed by atoms with Gasteiger partial charge in [0.1, 0.15) is 11.6 Å². The Kier molecular flexibility index (Phi) is 5.34. The summed E-state index contributed by atoms with van der Waals surface area (Å²) in [5.41, 5.74) is 1.49. The standard InChI is InChI=1S/C17H16ClN5OS/c1-23-7-6-14-15(10-23)25-17(22-14)20-9-11(8-19)16(24)21-13-5-3-2-4-12(13)18/h2-5,9H,6-7,10H2,1H3,(H,20,22)(H,21,24)/b11-9-. The molecule has 2 heterocycles. The molecular weight excluding hydrogens is 358 g/mol. The number of para-hydroxylation sites is 1. The second kappa shape index (κ2) is 7.66. The largest absolute Gasteiger partial charge is 0.337 e. The van der Waals surface area contributed by atoms with E-state index in [1.807, 2.05) is 6.07 Å². The third kappa shape index (κ3) is 4.17. The Morgan fingerprint density at radius 3 is 3.04 bits per heavy atom. The lowest BCUT2D eigenvalue weighted by Crippen LogP contribution is -2.25. The summed E-state index contributed by atoms with van der Waals surface area (Å²) in [6.45, 7) is 1.85. The Hall–Kier alpha value is -2.40. The van der Waals surface area contributed by atoms with Gasteiger partial charge in [0.05, 0.1) is 16.4 Å². The zero-order chi connectivity index (χ0) is 17.8. The third-order valence-electron chi connectivity index (χ3n) is 3.75. The van der Waals surface area contributed by atoms with Crippen molar-refractivity contribution in [3.63, 3.8) is 0 Å². The first-order valence-electron chi connectivity index (χ1n) is 7.66. The maximum Gasteiger partial charge on any atom is 0.267 e. The van der Waals surface area contributed by atoms with E-state index >= 15 is 0 Å². The minimum Gasteiger partial charge on any atom is -0.337 e. The van der Waals surface area contributed by atoms with Crippen molar-refractivity contribution in [2.45, 2.75) is 13.0 Å². The normalized spacial score (nSPS) is 14.5. The highest BCUT2D eigenvalue weighted by Gasteiger charge is 2.18. The van der Waals surface area contributed by atoms with Crippen molar-refractivity contribution in [1.82, 2.24) is 9.88 Å². The summed E-state index contributed by atoms with van der Waals surface area (Å²) in [5.74, 6) is -0.524. The zero-order valence-corrected chi connectivity index (χ0v) is 15.1. The van der Waals surface area contributed by atoms with Crippen molar-refractivity contribution >= 4 is 39.7 Å². The maximum atomic E-state index is 12.2. The highest BCUT2D eigenvalue weighted by molar-refractivity contribution is 7.15. The number of nitrogens with one attached hydrogen (secondary N) is 2. The van der Waals surface area contributed by atoms with Crippen LogP contribution >= 0.6 is 22.9 Å². The number of carbonyl (C=O) groups is 1. The Bertz CT molecular complexity index is 870. The van der Waals surface area contributed by atoms with Crippen molar-refractivity contribution < 1.29 is 4.79 Å². The maximum absolute atomic E-state index is 12.2. The summed E-state index contributed by atoms with van der Waals surface area (Å²) < 4.78 is 0. The summed E-state index contributed by atoms with van der Waals surface area (Å²) in [6, 6.07) is 8.76. The molecule has 25 heavy (non-hydrogen) atoms. The number of nitriles is 1. The van der Waals surface area contributed by atoms with E-state index in [9.17, 15) is 10.1 Å². The summed E-state index contributed by atoms with van der Waals surface area (Å²) in [5, 5.41) is 15.9. The lowest BCUT2D eigenvalue weighted by molar-refractivity contribution is -0.112. The molecule has 3 rings (SSSR count). The monoisotopic (exact) mass is 373 g/mol. The molecule has 1 amide bonds. The number of likely N-dealkylation sites (N-methyl/N-ethyl adjacent to an activating group) is 1. The third-order valence-corrected chi connectivity index (χ3v) is 5.09. The predicted molar refractivity (Wildman–Crippen MR) is 99.6 cm³/mol. The van der Waals surface area contributed by atoms with E-state index in [0.29, 0.717) is 15.8 Å². The van der Waals surface area contributed by atoms with Gasteiger partial charge in [0.25, 0.3) is 5.91 Å². The molecule has 2 aromatic rings. The van der Waals surface area contributed by atoms with Gasteiger partial charge in [0.15, 0.2) is 5.13 Å². The molecule has 0 aliphatic carbocycles. The summed E-state index contributed by atoms with van der Waals surface area (Å²) >= 11 is 7.55. The molecule has 128 valence electrons. The number of fused-ring (bicyclic) bond motifs is 1. The molecule has 1 aliphatic heterocycles. The molecule has 8 heteroatoms. The molecule has 0 radical (unpaired) electrons. The van der Waals surface area contributed by atoms with Crippen molar-refractivity contribution in [3.05, 3.63) is 51.6 Å². The SMILES string of the molecule is CN1CCc2nc(N/C=C(/C#N)C(=O)Nc3ccccc3Cl)sc2C1. The smallest absolute Gasteiger partial charge is 0.267 e. The van der Waals surface area contributed by atoms with Gasteiger partial charge in [-0.2, -0.15) is 5.26 Å². The number of halogens is 1.